The Kier molecular flexibility index (Phi) is 5.40. The summed E-state index contributed by atoms with van der Waals surface area (Å²) in [5.74, 6) is 0.223. The van der Waals surface area contributed by atoms with Gasteiger partial charge in [0.05, 0.1) is 17.0 Å². The van der Waals surface area contributed by atoms with E-state index in [9.17, 15) is 9.59 Å². The first-order valence-electron chi connectivity index (χ1n) is 7.75. The number of aromatic nitrogens is 1. The minimum absolute atomic E-state index is 0.0132. The van der Waals surface area contributed by atoms with E-state index in [0.717, 1.165) is 41.5 Å². The lowest BCUT2D eigenvalue weighted by molar-refractivity contribution is -0.127. The second-order valence-corrected chi connectivity index (χ2v) is 7.29. The molecule has 0 atom stereocenters. The van der Waals surface area contributed by atoms with Crippen molar-refractivity contribution in [2.75, 3.05) is 19.6 Å². The molecule has 0 bridgehead atoms. The lowest BCUT2D eigenvalue weighted by atomic mass is 10.3. The first-order valence-corrected chi connectivity index (χ1v) is 9.51. The number of amides is 2. The quantitative estimate of drug-likeness (QED) is 0.782. The molecule has 5 nitrogen and oxygen atoms in total. The number of nitrogens with zero attached hydrogens (tertiary/aromatic N) is 2. The molecule has 2 aromatic heterocycles. The maximum atomic E-state index is 11.9. The highest BCUT2D eigenvalue weighted by molar-refractivity contribution is 7.20. The van der Waals surface area contributed by atoms with Crippen LogP contribution in [0.25, 0.3) is 9.88 Å². The number of thiophene rings is 1. The van der Waals surface area contributed by atoms with Crippen LogP contribution in [0.15, 0.2) is 22.9 Å². The van der Waals surface area contributed by atoms with E-state index in [-0.39, 0.29) is 11.8 Å². The van der Waals surface area contributed by atoms with Crippen LogP contribution < -0.4 is 5.32 Å². The fraction of sp³-hybridized carbons (Fsp3) is 0.438. The van der Waals surface area contributed by atoms with Crippen molar-refractivity contribution in [1.82, 2.24) is 15.2 Å². The van der Waals surface area contributed by atoms with Crippen LogP contribution in [0.2, 0.25) is 0 Å². The number of carbonyl (C=O) groups excluding carboxylic acids is 2. The number of hydrogen-bond donors (Lipinski definition) is 1. The summed E-state index contributed by atoms with van der Waals surface area (Å²) in [6.45, 7) is 2.19. The molecule has 1 aliphatic heterocycles. The number of hydrogen-bond acceptors (Lipinski definition) is 5. The van der Waals surface area contributed by atoms with E-state index in [1.54, 1.807) is 22.7 Å². The van der Waals surface area contributed by atoms with Crippen molar-refractivity contribution >= 4 is 34.5 Å². The molecule has 2 amide bonds. The number of rotatable bonds is 7. The van der Waals surface area contributed by atoms with E-state index in [2.05, 4.69) is 10.3 Å². The zero-order chi connectivity index (χ0) is 16.1. The lowest BCUT2D eigenvalue weighted by Gasteiger charge is -2.15. The normalized spacial score (nSPS) is 14.4. The summed E-state index contributed by atoms with van der Waals surface area (Å²) in [5, 5.41) is 7.84. The van der Waals surface area contributed by atoms with Gasteiger partial charge in [0.25, 0.3) is 0 Å². The Bertz CT molecular complexity index is 667. The maximum Gasteiger partial charge on any atom is 0.226 e. The second-order valence-electron chi connectivity index (χ2n) is 5.49. The van der Waals surface area contributed by atoms with Gasteiger partial charge in [-0.05, 0) is 24.3 Å². The maximum absolute atomic E-state index is 11.9. The predicted molar refractivity (Wildman–Crippen MR) is 92.6 cm³/mol. The van der Waals surface area contributed by atoms with Crippen LogP contribution in [0.1, 0.15) is 25.0 Å². The molecule has 0 saturated carbocycles. The van der Waals surface area contributed by atoms with Crippen LogP contribution in [-0.4, -0.2) is 41.3 Å². The Balaban J connectivity index is 1.38. The molecule has 7 heteroatoms. The monoisotopic (exact) mass is 349 g/mol. The largest absolute Gasteiger partial charge is 0.356 e. The number of carbonyl (C=O) groups is 2. The smallest absolute Gasteiger partial charge is 0.226 e. The van der Waals surface area contributed by atoms with Gasteiger partial charge in [-0.2, -0.15) is 0 Å². The topological polar surface area (TPSA) is 62.3 Å². The highest BCUT2D eigenvalue weighted by atomic mass is 32.1. The molecule has 3 heterocycles. The molecule has 122 valence electrons. The molecular formula is C16H19N3O2S2. The molecule has 0 radical (unpaired) electrons. The molecule has 0 aromatic carbocycles. The number of thiazole rings is 1. The van der Waals surface area contributed by atoms with Gasteiger partial charge in [0, 0.05) is 31.4 Å². The number of nitrogens with one attached hydrogen (secondary N) is 1. The van der Waals surface area contributed by atoms with Gasteiger partial charge in [0.15, 0.2) is 0 Å². The Labute approximate surface area is 143 Å². The summed E-state index contributed by atoms with van der Waals surface area (Å²) in [6, 6.07) is 4.03. The van der Waals surface area contributed by atoms with Crippen molar-refractivity contribution in [2.24, 2.45) is 0 Å². The average Bonchev–Trinajstić information content (AvgIpc) is 3.25. The molecule has 1 saturated heterocycles. The van der Waals surface area contributed by atoms with E-state index < -0.39 is 0 Å². The van der Waals surface area contributed by atoms with Crippen LogP contribution in [0.4, 0.5) is 0 Å². The summed E-state index contributed by atoms with van der Waals surface area (Å²) in [7, 11) is 0. The third-order valence-corrected chi connectivity index (χ3v) is 5.65. The summed E-state index contributed by atoms with van der Waals surface area (Å²) in [6.07, 6.45) is 2.74. The van der Waals surface area contributed by atoms with Crippen LogP contribution in [-0.2, 0) is 16.0 Å². The van der Waals surface area contributed by atoms with Gasteiger partial charge in [0.2, 0.25) is 11.8 Å². The first kappa shape index (κ1) is 16.1. The van der Waals surface area contributed by atoms with Crippen molar-refractivity contribution < 1.29 is 9.59 Å². The highest BCUT2D eigenvalue weighted by Crippen LogP contribution is 2.27. The van der Waals surface area contributed by atoms with Crippen LogP contribution in [0.5, 0.6) is 0 Å². The Morgan fingerprint density at radius 1 is 1.39 bits per heavy atom. The molecule has 1 fully saturated rings. The standard InChI is InChI=1S/C16H19N3O2S2/c20-14(17-6-3-8-19-7-1-5-15(19)21)10-12-11-23-16(18-12)13-4-2-9-22-13/h2,4,9,11H,1,3,5-8,10H2,(H,17,20). The summed E-state index contributed by atoms with van der Waals surface area (Å²) in [5.41, 5.74) is 0.811. The molecule has 0 aliphatic carbocycles. The molecule has 3 rings (SSSR count). The van der Waals surface area contributed by atoms with E-state index in [0.29, 0.717) is 19.4 Å². The van der Waals surface area contributed by atoms with Gasteiger partial charge in [0.1, 0.15) is 5.01 Å². The Morgan fingerprint density at radius 2 is 2.30 bits per heavy atom. The van der Waals surface area contributed by atoms with E-state index in [1.165, 1.54) is 0 Å². The molecular weight excluding hydrogens is 330 g/mol. The zero-order valence-corrected chi connectivity index (χ0v) is 14.4. The Hall–Kier alpha value is -1.73. The fourth-order valence-electron chi connectivity index (χ4n) is 2.57. The molecule has 2 aromatic rings. The van der Waals surface area contributed by atoms with Crippen molar-refractivity contribution in [3.63, 3.8) is 0 Å². The minimum atomic E-state index is -0.0132. The van der Waals surface area contributed by atoms with Crippen molar-refractivity contribution in [1.29, 1.82) is 0 Å². The third-order valence-electron chi connectivity index (χ3n) is 3.72. The third kappa shape index (κ3) is 4.39. The van der Waals surface area contributed by atoms with E-state index in [1.807, 2.05) is 27.8 Å². The molecule has 23 heavy (non-hydrogen) atoms. The van der Waals surface area contributed by atoms with Crippen LogP contribution >= 0.6 is 22.7 Å². The molecule has 0 spiro atoms. The minimum Gasteiger partial charge on any atom is -0.356 e. The first-order chi connectivity index (χ1) is 11.2. The Morgan fingerprint density at radius 3 is 3.04 bits per heavy atom. The second kappa shape index (κ2) is 7.70. The highest BCUT2D eigenvalue weighted by Gasteiger charge is 2.19. The van der Waals surface area contributed by atoms with Crippen molar-refractivity contribution in [2.45, 2.75) is 25.7 Å². The average molecular weight is 349 g/mol. The molecule has 1 N–H and O–H groups in total. The van der Waals surface area contributed by atoms with Gasteiger partial charge in [-0.3, -0.25) is 9.59 Å². The van der Waals surface area contributed by atoms with Gasteiger partial charge in [-0.25, -0.2) is 4.98 Å². The fourth-order valence-corrected chi connectivity index (χ4v) is 4.20. The SMILES string of the molecule is O=C(Cc1csc(-c2cccs2)n1)NCCCN1CCCC1=O. The summed E-state index contributed by atoms with van der Waals surface area (Å²) < 4.78 is 0. The van der Waals surface area contributed by atoms with Crippen molar-refractivity contribution in [3.05, 3.63) is 28.6 Å². The number of likely N-dealkylation sites (tertiary alicyclic amines) is 1. The van der Waals surface area contributed by atoms with E-state index >= 15 is 0 Å². The molecule has 0 unspecified atom stereocenters. The van der Waals surface area contributed by atoms with Gasteiger partial charge in [-0.15, -0.1) is 22.7 Å². The summed E-state index contributed by atoms with van der Waals surface area (Å²) >= 11 is 3.22. The van der Waals surface area contributed by atoms with Crippen LogP contribution in [0.3, 0.4) is 0 Å². The van der Waals surface area contributed by atoms with Crippen molar-refractivity contribution in [3.8, 4) is 9.88 Å². The molecule has 1 aliphatic rings. The van der Waals surface area contributed by atoms with E-state index in [4.69, 9.17) is 0 Å². The van der Waals surface area contributed by atoms with Crippen LogP contribution in [0, 0.1) is 0 Å². The van der Waals surface area contributed by atoms with Gasteiger partial charge >= 0.3 is 0 Å². The predicted octanol–water partition coefficient (Wildman–Crippen LogP) is 2.54. The zero-order valence-electron chi connectivity index (χ0n) is 12.8. The van der Waals surface area contributed by atoms with Gasteiger partial charge in [-0.1, -0.05) is 6.07 Å². The summed E-state index contributed by atoms with van der Waals surface area (Å²) in [4.78, 5) is 30.9. The van der Waals surface area contributed by atoms with Gasteiger partial charge < -0.3 is 10.2 Å². The lowest BCUT2D eigenvalue weighted by Crippen LogP contribution is -2.31.